The standard InChI is InChI=1S/C22H33NO4/c1-5-10-18(15-16-23(3)4)22-17(2)11-9-12-19(22)27-21(26)14-8-6-7-13-20(24)25/h9-12H,5-8,13-16H2,1-4H3,(H,24,25)/b18-10-. The van der Waals surface area contributed by atoms with Gasteiger partial charge in [0, 0.05) is 24.9 Å². The first-order valence-corrected chi connectivity index (χ1v) is 9.71. The number of aliphatic carboxylic acids is 1. The van der Waals surface area contributed by atoms with Crippen LogP contribution in [0.2, 0.25) is 0 Å². The predicted octanol–water partition coefficient (Wildman–Crippen LogP) is 4.68. The maximum Gasteiger partial charge on any atom is 0.311 e. The maximum atomic E-state index is 12.3. The molecule has 1 rings (SSSR count). The van der Waals surface area contributed by atoms with Crippen LogP contribution in [0.5, 0.6) is 5.75 Å². The Kier molecular flexibility index (Phi) is 10.4. The van der Waals surface area contributed by atoms with Crippen LogP contribution in [0.3, 0.4) is 0 Å². The van der Waals surface area contributed by atoms with E-state index in [-0.39, 0.29) is 12.4 Å². The van der Waals surface area contributed by atoms with Crippen molar-refractivity contribution in [1.82, 2.24) is 4.90 Å². The molecule has 0 unspecified atom stereocenters. The lowest BCUT2D eigenvalue weighted by molar-refractivity contribution is -0.137. The largest absolute Gasteiger partial charge is 0.481 e. The number of benzene rings is 1. The Morgan fingerprint density at radius 1 is 1.11 bits per heavy atom. The molecule has 0 aliphatic carbocycles. The molecule has 0 amide bonds. The summed E-state index contributed by atoms with van der Waals surface area (Å²) >= 11 is 0. The van der Waals surface area contributed by atoms with Gasteiger partial charge in [-0.2, -0.15) is 0 Å². The van der Waals surface area contributed by atoms with Gasteiger partial charge in [0.1, 0.15) is 5.75 Å². The number of hydrogen-bond acceptors (Lipinski definition) is 4. The van der Waals surface area contributed by atoms with Crippen LogP contribution in [0.15, 0.2) is 24.3 Å². The van der Waals surface area contributed by atoms with E-state index in [0.717, 1.165) is 30.5 Å². The molecule has 0 bridgehead atoms. The van der Waals surface area contributed by atoms with Crippen molar-refractivity contribution in [2.45, 2.75) is 58.8 Å². The second-order valence-corrected chi connectivity index (χ2v) is 7.07. The first-order chi connectivity index (χ1) is 12.8. The lowest BCUT2D eigenvalue weighted by Crippen LogP contribution is -2.14. The van der Waals surface area contributed by atoms with Crippen LogP contribution in [0.1, 0.15) is 63.0 Å². The van der Waals surface area contributed by atoms with E-state index in [1.165, 1.54) is 5.57 Å². The van der Waals surface area contributed by atoms with Crippen LogP contribution >= 0.6 is 0 Å². The summed E-state index contributed by atoms with van der Waals surface area (Å²) in [6, 6.07) is 5.80. The van der Waals surface area contributed by atoms with Crippen molar-refractivity contribution in [3.05, 3.63) is 35.4 Å². The van der Waals surface area contributed by atoms with Gasteiger partial charge in [-0.1, -0.05) is 31.6 Å². The molecule has 150 valence electrons. The number of hydrogen-bond donors (Lipinski definition) is 1. The van der Waals surface area contributed by atoms with Crippen LogP contribution in [-0.2, 0) is 9.59 Å². The molecule has 1 aromatic rings. The molecule has 1 aromatic carbocycles. The smallest absolute Gasteiger partial charge is 0.311 e. The molecule has 0 saturated carbocycles. The molecule has 0 heterocycles. The number of aryl methyl sites for hydroxylation is 1. The SMILES string of the molecule is CC/C=C(/CCN(C)C)c1c(C)cccc1OC(=O)CCCCCC(=O)O. The van der Waals surface area contributed by atoms with Crippen molar-refractivity contribution in [2.24, 2.45) is 0 Å². The van der Waals surface area contributed by atoms with Gasteiger partial charge in [-0.05, 0) is 63.9 Å². The highest BCUT2D eigenvalue weighted by molar-refractivity contribution is 5.78. The molecule has 0 radical (unpaired) electrons. The second kappa shape index (κ2) is 12.3. The fourth-order valence-corrected chi connectivity index (χ4v) is 2.95. The van der Waals surface area contributed by atoms with Gasteiger partial charge in [-0.3, -0.25) is 9.59 Å². The summed E-state index contributed by atoms with van der Waals surface area (Å²) in [6.07, 6.45) is 6.42. The summed E-state index contributed by atoms with van der Waals surface area (Å²) in [6.45, 7) is 5.08. The van der Waals surface area contributed by atoms with Gasteiger partial charge in [0.25, 0.3) is 0 Å². The average Bonchev–Trinajstić information content (AvgIpc) is 2.58. The fourth-order valence-electron chi connectivity index (χ4n) is 2.95. The summed E-state index contributed by atoms with van der Waals surface area (Å²) in [5.41, 5.74) is 3.31. The molecule has 0 saturated heterocycles. The number of unbranched alkanes of at least 4 members (excludes halogenated alkanes) is 2. The van der Waals surface area contributed by atoms with Crippen molar-refractivity contribution in [1.29, 1.82) is 0 Å². The number of rotatable bonds is 12. The minimum absolute atomic E-state index is 0.147. The molecule has 5 heteroatoms. The van der Waals surface area contributed by atoms with Gasteiger partial charge < -0.3 is 14.7 Å². The Morgan fingerprint density at radius 2 is 1.81 bits per heavy atom. The Balaban J connectivity index is 2.80. The van der Waals surface area contributed by atoms with Gasteiger partial charge >= 0.3 is 11.9 Å². The van der Waals surface area contributed by atoms with E-state index in [1.54, 1.807) is 0 Å². The van der Waals surface area contributed by atoms with E-state index < -0.39 is 5.97 Å². The second-order valence-electron chi connectivity index (χ2n) is 7.07. The maximum absolute atomic E-state index is 12.3. The molecule has 27 heavy (non-hydrogen) atoms. The fraction of sp³-hybridized carbons (Fsp3) is 0.545. The average molecular weight is 376 g/mol. The number of carbonyl (C=O) groups excluding carboxylic acids is 1. The summed E-state index contributed by atoms with van der Waals surface area (Å²) in [5.74, 6) is -0.445. The summed E-state index contributed by atoms with van der Waals surface area (Å²) < 4.78 is 5.68. The van der Waals surface area contributed by atoms with E-state index in [2.05, 4.69) is 17.9 Å². The highest BCUT2D eigenvalue weighted by Gasteiger charge is 2.15. The lowest BCUT2D eigenvalue weighted by Gasteiger charge is -2.18. The molecule has 5 nitrogen and oxygen atoms in total. The zero-order chi connectivity index (χ0) is 20.2. The van der Waals surface area contributed by atoms with Gasteiger partial charge in [0.05, 0.1) is 0 Å². The third-order valence-electron chi connectivity index (χ3n) is 4.33. The highest BCUT2D eigenvalue weighted by atomic mass is 16.5. The zero-order valence-corrected chi connectivity index (χ0v) is 17.1. The molecule has 0 aliphatic heterocycles. The van der Waals surface area contributed by atoms with Crippen molar-refractivity contribution >= 4 is 17.5 Å². The van der Waals surface area contributed by atoms with Crippen LogP contribution in [0.4, 0.5) is 0 Å². The third kappa shape index (κ3) is 8.87. The van der Waals surface area contributed by atoms with Crippen LogP contribution < -0.4 is 4.74 Å². The van der Waals surface area contributed by atoms with Crippen molar-refractivity contribution in [3.63, 3.8) is 0 Å². The van der Waals surface area contributed by atoms with E-state index in [0.29, 0.717) is 31.4 Å². The third-order valence-corrected chi connectivity index (χ3v) is 4.33. The molecule has 0 aliphatic rings. The van der Waals surface area contributed by atoms with Crippen LogP contribution in [0, 0.1) is 6.92 Å². The van der Waals surface area contributed by atoms with Gasteiger partial charge in [-0.15, -0.1) is 0 Å². The van der Waals surface area contributed by atoms with Crippen LogP contribution in [0.25, 0.3) is 5.57 Å². The number of ether oxygens (including phenoxy) is 1. The Morgan fingerprint density at radius 3 is 2.44 bits per heavy atom. The highest BCUT2D eigenvalue weighted by Crippen LogP contribution is 2.32. The van der Waals surface area contributed by atoms with Gasteiger partial charge in [0.15, 0.2) is 0 Å². The number of carbonyl (C=O) groups is 2. The number of nitrogens with zero attached hydrogens (tertiary/aromatic N) is 1. The molecule has 0 fully saturated rings. The lowest BCUT2D eigenvalue weighted by atomic mass is 9.96. The van der Waals surface area contributed by atoms with Gasteiger partial charge in [-0.25, -0.2) is 0 Å². The molecule has 0 atom stereocenters. The first-order valence-electron chi connectivity index (χ1n) is 9.71. The van der Waals surface area contributed by atoms with E-state index >= 15 is 0 Å². The Labute approximate surface area is 163 Å². The first kappa shape index (κ1) is 22.9. The number of esters is 1. The molecule has 0 aromatic heterocycles. The topological polar surface area (TPSA) is 66.8 Å². The summed E-state index contributed by atoms with van der Waals surface area (Å²) in [5, 5.41) is 8.65. The van der Waals surface area contributed by atoms with Crippen LogP contribution in [-0.4, -0.2) is 42.6 Å². The van der Waals surface area contributed by atoms with Gasteiger partial charge in [0.2, 0.25) is 0 Å². The zero-order valence-electron chi connectivity index (χ0n) is 17.1. The monoisotopic (exact) mass is 375 g/mol. The summed E-state index contributed by atoms with van der Waals surface area (Å²) in [4.78, 5) is 24.9. The van der Waals surface area contributed by atoms with E-state index in [1.807, 2.05) is 39.2 Å². The minimum Gasteiger partial charge on any atom is -0.481 e. The quantitative estimate of drug-likeness (QED) is 0.326. The molecular formula is C22H33NO4. The Hall–Kier alpha value is -2.14. The predicted molar refractivity (Wildman–Crippen MR) is 109 cm³/mol. The number of carboxylic acids is 1. The Bertz CT molecular complexity index is 650. The molecular weight excluding hydrogens is 342 g/mol. The number of allylic oxidation sites excluding steroid dienone is 1. The van der Waals surface area contributed by atoms with Crippen molar-refractivity contribution in [2.75, 3.05) is 20.6 Å². The molecule has 0 spiro atoms. The van der Waals surface area contributed by atoms with Crippen molar-refractivity contribution < 1.29 is 19.4 Å². The van der Waals surface area contributed by atoms with E-state index in [4.69, 9.17) is 9.84 Å². The van der Waals surface area contributed by atoms with E-state index in [9.17, 15) is 9.59 Å². The van der Waals surface area contributed by atoms with Crippen molar-refractivity contribution in [3.8, 4) is 5.75 Å². The minimum atomic E-state index is -0.796. The number of carboxylic acid groups (broad SMARTS) is 1. The normalized spacial score (nSPS) is 11.7. The summed E-state index contributed by atoms with van der Waals surface area (Å²) in [7, 11) is 4.10. The molecule has 1 N–H and O–H groups in total.